The van der Waals surface area contributed by atoms with Gasteiger partial charge in [-0.25, -0.2) is 0 Å². The van der Waals surface area contributed by atoms with Gasteiger partial charge < -0.3 is 24.2 Å². The van der Waals surface area contributed by atoms with Gasteiger partial charge in [-0.15, -0.1) is 10.2 Å². The minimum absolute atomic E-state index is 0.0431. The summed E-state index contributed by atoms with van der Waals surface area (Å²) in [6.07, 6.45) is 1.56. The van der Waals surface area contributed by atoms with Gasteiger partial charge in [0.25, 0.3) is 5.91 Å². The van der Waals surface area contributed by atoms with Gasteiger partial charge in [0, 0.05) is 43.3 Å². The molecule has 39 heavy (non-hydrogen) atoms. The van der Waals surface area contributed by atoms with Crippen LogP contribution in [0.4, 0.5) is 5.82 Å². The molecule has 2 amide bonds. The fourth-order valence-corrected chi connectivity index (χ4v) is 4.62. The van der Waals surface area contributed by atoms with Crippen molar-refractivity contribution < 1.29 is 19.1 Å². The maximum atomic E-state index is 13.4. The summed E-state index contributed by atoms with van der Waals surface area (Å²) in [6, 6.07) is 18.6. The summed E-state index contributed by atoms with van der Waals surface area (Å²) in [4.78, 5) is 32.4. The quantitative estimate of drug-likeness (QED) is 0.410. The second-order valence-electron chi connectivity index (χ2n) is 9.65. The fraction of sp³-hybridized carbons (Fsp3) is 0.400. The number of carbonyl (C=O) groups excluding carboxylic acids is 2. The monoisotopic (exact) mass is 531 g/mol. The normalized spacial score (nSPS) is 14.4. The zero-order valence-electron chi connectivity index (χ0n) is 23.2. The second-order valence-corrected chi connectivity index (χ2v) is 9.65. The molecule has 1 fully saturated rings. The van der Waals surface area contributed by atoms with Crippen molar-refractivity contribution >= 4 is 17.6 Å². The molecule has 0 N–H and O–H groups in total. The van der Waals surface area contributed by atoms with Crippen molar-refractivity contribution in [3.8, 4) is 22.8 Å². The number of amides is 2. The van der Waals surface area contributed by atoms with Crippen LogP contribution in [0.3, 0.4) is 0 Å². The molecule has 9 nitrogen and oxygen atoms in total. The second kappa shape index (κ2) is 13.1. The molecule has 0 bridgehead atoms. The predicted molar refractivity (Wildman–Crippen MR) is 151 cm³/mol. The van der Waals surface area contributed by atoms with E-state index in [-0.39, 0.29) is 24.4 Å². The van der Waals surface area contributed by atoms with Gasteiger partial charge in [0.1, 0.15) is 18.0 Å². The minimum Gasteiger partial charge on any atom is -0.497 e. The van der Waals surface area contributed by atoms with E-state index < -0.39 is 0 Å². The maximum absolute atomic E-state index is 13.4. The Morgan fingerprint density at radius 3 is 2.36 bits per heavy atom. The highest BCUT2D eigenvalue weighted by Gasteiger charge is 2.27. The van der Waals surface area contributed by atoms with Crippen molar-refractivity contribution in [1.82, 2.24) is 20.0 Å². The third-order valence-corrected chi connectivity index (χ3v) is 7.21. The van der Waals surface area contributed by atoms with Crippen LogP contribution in [0, 0.1) is 0 Å². The SMILES string of the molecule is CC[C@@H](C)N(CC(=O)N1CCCN(c2ccc(-c3cccc(OC)c3)nn2)CC1)C(=O)c1ccc(OC)cc1. The molecule has 4 rings (SSSR count). The van der Waals surface area contributed by atoms with E-state index in [0.29, 0.717) is 30.9 Å². The molecular formula is C30H37N5O4. The van der Waals surface area contributed by atoms with Crippen LogP contribution in [0.2, 0.25) is 0 Å². The summed E-state index contributed by atoms with van der Waals surface area (Å²) < 4.78 is 10.5. The molecule has 9 heteroatoms. The topological polar surface area (TPSA) is 88.1 Å². The van der Waals surface area contributed by atoms with E-state index >= 15 is 0 Å². The Bertz CT molecular complexity index is 1250. The van der Waals surface area contributed by atoms with E-state index in [4.69, 9.17) is 9.47 Å². The molecule has 0 radical (unpaired) electrons. The Morgan fingerprint density at radius 1 is 0.923 bits per heavy atom. The van der Waals surface area contributed by atoms with Crippen molar-refractivity contribution in [3.05, 3.63) is 66.2 Å². The van der Waals surface area contributed by atoms with Crippen molar-refractivity contribution in [2.75, 3.05) is 51.8 Å². The summed E-state index contributed by atoms with van der Waals surface area (Å²) in [5.74, 6) is 2.05. The standard InChI is InChI=1S/C30H37N5O4/c1-5-22(2)35(30(37)23-10-12-25(38-3)13-11-23)21-29(36)34-17-7-16-33(18-19-34)28-15-14-27(31-32-28)24-8-6-9-26(20-24)39-4/h6,8-15,20,22H,5,7,16-19,21H2,1-4H3/t22-/m1/s1. The third-order valence-electron chi connectivity index (χ3n) is 7.21. The molecule has 1 saturated heterocycles. The van der Waals surface area contributed by atoms with E-state index in [1.54, 1.807) is 43.4 Å². The van der Waals surface area contributed by atoms with Gasteiger partial charge in [0.15, 0.2) is 5.82 Å². The van der Waals surface area contributed by atoms with E-state index in [1.165, 1.54) is 0 Å². The zero-order valence-corrected chi connectivity index (χ0v) is 23.2. The van der Waals surface area contributed by atoms with E-state index in [1.807, 2.05) is 55.1 Å². The lowest BCUT2D eigenvalue weighted by atomic mass is 10.1. The minimum atomic E-state index is -0.150. The molecule has 0 saturated carbocycles. The number of carbonyl (C=O) groups is 2. The van der Waals surface area contributed by atoms with Crippen molar-refractivity contribution in [1.29, 1.82) is 0 Å². The summed E-state index contributed by atoms with van der Waals surface area (Å²) >= 11 is 0. The van der Waals surface area contributed by atoms with Gasteiger partial charge in [0.05, 0.1) is 19.9 Å². The average Bonchev–Trinajstić information content (AvgIpc) is 3.26. The predicted octanol–water partition coefficient (Wildman–Crippen LogP) is 4.14. The molecule has 0 spiro atoms. The Kier molecular flexibility index (Phi) is 9.35. The van der Waals surface area contributed by atoms with E-state index in [2.05, 4.69) is 15.1 Å². The number of anilines is 1. The molecule has 0 aliphatic carbocycles. The smallest absolute Gasteiger partial charge is 0.254 e. The highest BCUT2D eigenvalue weighted by Crippen LogP contribution is 2.23. The molecule has 2 aromatic carbocycles. The number of aromatic nitrogens is 2. The number of nitrogens with zero attached hydrogens (tertiary/aromatic N) is 5. The number of benzene rings is 2. The molecule has 2 heterocycles. The van der Waals surface area contributed by atoms with Crippen molar-refractivity contribution in [3.63, 3.8) is 0 Å². The van der Waals surface area contributed by atoms with Gasteiger partial charge in [-0.1, -0.05) is 19.1 Å². The first-order chi connectivity index (χ1) is 18.9. The zero-order chi connectivity index (χ0) is 27.8. The van der Waals surface area contributed by atoms with Crippen LogP contribution in [0.15, 0.2) is 60.7 Å². The average molecular weight is 532 g/mol. The van der Waals surface area contributed by atoms with Crippen LogP contribution in [0.1, 0.15) is 37.0 Å². The number of methoxy groups -OCH3 is 2. The molecule has 0 unspecified atom stereocenters. The largest absolute Gasteiger partial charge is 0.497 e. The third kappa shape index (κ3) is 6.85. The molecular weight excluding hydrogens is 494 g/mol. The maximum Gasteiger partial charge on any atom is 0.254 e. The first kappa shape index (κ1) is 27.9. The van der Waals surface area contributed by atoms with Gasteiger partial charge >= 0.3 is 0 Å². The van der Waals surface area contributed by atoms with Crippen LogP contribution in [0.25, 0.3) is 11.3 Å². The van der Waals surface area contributed by atoms with Crippen LogP contribution < -0.4 is 14.4 Å². The van der Waals surface area contributed by atoms with Crippen molar-refractivity contribution in [2.24, 2.45) is 0 Å². The molecule has 206 valence electrons. The molecule has 1 aliphatic heterocycles. The van der Waals surface area contributed by atoms with Crippen LogP contribution in [-0.4, -0.2) is 84.8 Å². The first-order valence-corrected chi connectivity index (χ1v) is 13.4. The first-order valence-electron chi connectivity index (χ1n) is 13.4. The Hall–Kier alpha value is -4.14. The Balaban J connectivity index is 1.39. The highest BCUT2D eigenvalue weighted by molar-refractivity contribution is 5.96. The molecule has 1 aliphatic rings. The van der Waals surface area contributed by atoms with E-state index in [9.17, 15) is 9.59 Å². The lowest BCUT2D eigenvalue weighted by Gasteiger charge is -2.31. The summed E-state index contributed by atoms with van der Waals surface area (Å²) in [5, 5.41) is 8.90. The number of hydrogen-bond donors (Lipinski definition) is 0. The summed E-state index contributed by atoms with van der Waals surface area (Å²) in [7, 11) is 3.23. The van der Waals surface area contributed by atoms with Crippen molar-refractivity contribution in [2.45, 2.75) is 32.7 Å². The van der Waals surface area contributed by atoms with Gasteiger partial charge in [-0.05, 0) is 68.3 Å². The van der Waals surface area contributed by atoms with Gasteiger partial charge in [-0.2, -0.15) is 0 Å². The lowest BCUT2D eigenvalue weighted by Crippen LogP contribution is -2.47. The number of rotatable bonds is 9. The van der Waals surface area contributed by atoms with E-state index in [0.717, 1.165) is 42.2 Å². The molecule has 3 aromatic rings. The summed E-state index contributed by atoms with van der Waals surface area (Å²) in [5.41, 5.74) is 2.26. The molecule has 1 aromatic heterocycles. The van der Waals surface area contributed by atoms with Crippen LogP contribution >= 0.6 is 0 Å². The Morgan fingerprint density at radius 2 is 1.69 bits per heavy atom. The lowest BCUT2D eigenvalue weighted by molar-refractivity contribution is -0.132. The number of ether oxygens (including phenoxy) is 2. The summed E-state index contributed by atoms with van der Waals surface area (Å²) in [6.45, 7) is 6.67. The molecule has 1 atom stereocenters. The van der Waals surface area contributed by atoms with Crippen LogP contribution in [0.5, 0.6) is 11.5 Å². The number of hydrogen-bond acceptors (Lipinski definition) is 7. The van der Waals surface area contributed by atoms with Gasteiger partial charge in [-0.3, -0.25) is 9.59 Å². The van der Waals surface area contributed by atoms with Crippen LogP contribution in [-0.2, 0) is 4.79 Å². The Labute approximate surface area is 230 Å². The highest BCUT2D eigenvalue weighted by atomic mass is 16.5. The van der Waals surface area contributed by atoms with Gasteiger partial charge in [0.2, 0.25) is 5.91 Å². The fourth-order valence-electron chi connectivity index (χ4n) is 4.62.